The third-order valence-corrected chi connectivity index (χ3v) is 3.21. The van der Waals surface area contributed by atoms with Crippen LogP contribution in [-0.4, -0.2) is 32.1 Å². The second kappa shape index (κ2) is 6.11. The molecular weight excluding hydrogens is 267 g/mol. The minimum Gasteiger partial charge on any atom is -0.383 e. The highest BCUT2D eigenvalue weighted by atomic mass is 19.1. The van der Waals surface area contributed by atoms with Crippen LogP contribution in [-0.2, 0) is 0 Å². The fourth-order valence-corrected chi connectivity index (χ4v) is 2.33. The molecule has 0 N–H and O–H groups in total. The monoisotopic (exact) mass is 282 g/mol. The maximum absolute atomic E-state index is 13.3. The van der Waals surface area contributed by atoms with E-state index in [2.05, 4.69) is 0 Å². The zero-order valence-electron chi connectivity index (χ0n) is 12.0. The summed E-state index contributed by atoms with van der Waals surface area (Å²) in [4.78, 5) is 3.82. The van der Waals surface area contributed by atoms with E-state index in [0.717, 1.165) is 11.3 Å². The predicted octanol–water partition coefficient (Wildman–Crippen LogP) is 2.43. The van der Waals surface area contributed by atoms with Crippen LogP contribution in [0.25, 0.3) is 0 Å². The Labute approximate surface area is 123 Å². The van der Waals surface area contributed by atoms with Crippen molar-refractivity contribution in [2.75, 3.05) is 32.1 Å². The van der Waals surface area contributed by atoms with Crippen molar-refractivity contribution in [3.05, 3.63) is 53.0 Å². The van der Waals surface area contributed by atoms with Gasteiger partial charge in [-0.1, -0.05) is 6.07 Å². The van der Waals surface area contributed by atoms with Gasteiger partial charge in [-0.05, 0) is 23.8 Å². The summed E-state index contributed by atoms with van der Waals surface area (Å²) < 4.78 is 13.3. The maximum atomic E-state index is 13.3. The SMILES string of the molecule is CN(C)/C=C1/CN(c2cccc(F)c2)CC1=C(C#N)C#N. The number of allylic oxidation sites excluding steroid dienone is 1. The van der Waals surface area contributed by atoms with Crippen LogP contribution >= 0.6 is 0 Å². The first-order valence-corrected chi connectivity index (χ1v) is 6.46. The van der Waals surface area contributed by atoms with E-state index in [4.69, 9.17) is 10.5 Å². The molecule has 2 rings (SSSR count). The number of anilines is 1. The molecule has 1 fully saturated rings. The largest absolute Gasteiger partial charge is 0.383 e. The van der Waals surface area contributed by atoms with Crippen molar-refractivity contribution < 1.29 is 4.39 Å². The lowest BCUT2D eigenvalue weighted by molar-refractivity contribution is 0.559. The molecule has 0 bridgehead atoms. The number of rotatable bonds is 2. The van der Waals surface area contributed by atoms with Crippen molar-refractivity contribution in [2.45, 2.75) is 0 Å². The van der Waals surface area contributed by atoms with E-state index < -0.39 is 0 Å². The summed E-state index contributed by atoms with van der Waals surface area (Å²) in [6.45, 7) is 0.976. The molecule has 0 aliphatic carbocycles. The molecule has 0 atom stereocenters. The molecule has 1 heterocycles. The molecule has 0 saturated carbocycles. The smallest absolute Gasteiger partial charge is 0.135 e. The summed E-state index contributed by atoms with van der Waals surface area (Å²) in [7, 11) is 3.77. The molecule has 0 radical (unpaired) electrons. The third kappa shape index (κ3) is 3.21. The molecule has 5 heteroatoms. The van der Waals surface area contributed by atoms with E-state index >= 15 is 0 Å². The number of nitriles is 2. The molecule has 0 amide bonds. The first-order chi connectivity index (χ1) is 10.0. The highest BCUT2D eigenvalue weighted by Crippen LogP contribution is 2.29. The van der Waals surface area contributed by atoms with E-state index in [0.29, 0.717) is 18.7 Å². The van der Waals surface area contributed by atoms with E-state index in [1.165, 1.54) is 12.1 Å². The Morgan fingerprint density at radius 3 is 2.57 bits per heavy atom. The molecule has 21 heavy (non-hydrogen) atoms. The normalized spacial score (nSPS) is 15.8. The van der Waals surface area contributed by atoms with Gasteiger partial charge in [-0.15, -0.1) is 0 Å². The zero-order valence-corrected chi connectivity index (χ0v) is 12.0. The van der Waals surface area contributed by atoms with Crippen LogP contribution in [0.2, 0.25) is 0 Å². The second-order valence-electron chi connectivity index (χ2n) is 5.03. The van der Waals surface area contributed by atoms with Gasteiger partial charge in [-0.3, -0.25) is 0 Å². The van der Waals surface area contributed by atoms with Crippen molar-refractivity contribution in [1.29, 1.82) is 10.5 Å². The lowest BCUT2D eigenvalue weighted by atomic mass is 10.1. The molecule has 0 spiro atoms. The topological polar surface area (TPSA) is 54.1 Å². The molecule has 1 aliphatic heterocycles. The highest BCUT2D eigenvalue weighted by molar-refractivity contribution is 5.61. The summed E-state index contributed by atoms with van der Waals surface area (Å²) in [6.07, 6.45) is 1.89. The average molecular weight is 282 g/mol. The van der Waals surface area contributed by atoms with Crippen molar-refractivity contribution in [3.8, 4) is 12.1 Å². The molecule has 1 aromatic rings. The van der Waals surface area contributed by atoms with E-state index in [9.17, 15) is 4.39 Å². The maximum Gasteiger partial charge on any atom is 0.135 e. The minimum absolute atomic E-state index is 0.113. The Bertz CT molecular complexity index is 673. The molecule has 0 aromatic heterocycles. The van der Waals surface area contributed by atoms with E-state index in [1.54, 1.807) is 6.07 Å². The Balaban J connectivity index is 2.43. The number of halogens is 1. The molecular formula is C16H15FN4. The molecule has 1 aliphatic rings. The Morgan fingerprint density at radius 2 is 2.00 bits per heavy atom. The average Bonchev–Trinajstić information content (AvgIpc) is 2.83. The Hall–Kier alpha value is -2.79. The lowest BCUT2D eigenvalue weighted by Crippen LogP contribution is -2.18. The van der Waals surface area contributed by atoms with Gasteiger partial charge in [0.15, 0.2) is 0 Å². The van der Waals surface area contributed by atoms with Crippen LogP contribution < -0.4 is 4.90 Å². The fourth-order valence-electron chi connectivity index (χ4n) is 2.33. The van der Waals surface area contributed by atoms with Gasteiger partial charge in [0.1, 0.15) is 23.5 Å². The van der Waals surface area contributed by atoms with Crippen LogP contribution in [0.1, 0.15) is 0 Å². The van der Waals surface area contributed by atoms with Crippen LogP contribution in [0, 0.1) is 28.5 Å². The molecule has 1 aromatic carbocycles. The van der Waals surface area contributed by atoms with Crippen LogP contribution in [0.5, 0.6) is 0 Å². The number of hydrogen-bond acceptors (Lipinski definition) is 4. The molecule has 1 saturated heterocycles. The summed E-state index contributed by atoms with van der Waals surface area (Å²) >= 11 is 0. The van der Waals surface area contributed by atoms with Crippen molar-refractivity contribution in [2.24, 2.45) is 0 Å². The van der Waals surface area contributed by atoms with Gasteiger partial charge in [0.05, 0.1) is 0 Å². The van der Waals surface area contributed by atoms with Gasteiger partial charge < -0.3 is 9.80 Å². The summed E-state index contributed by atoms with van der Waals surface area (Å²) in [5, 5.41) is 18.2. The third-order valence-electron chi connectivity index (χ3n) is 3.21. The minimum atomic E-state index is -0.302. The van der Waals surface area contributed by atoms with Gasteiger partial charge >= 0.3 is 0 Å². The standard InChI is InChI=1S/C16H15FN4/c1-20(2)9-13-10-21(11-16(13)12(7-18)8-19)15-5-3-4-14(17)6-15/h3-6,9H,10-11H2,1-2H3/b13-9-. The predicted molar refractivity (Wildman–Crippen MR) is 78.6 cm³/mol. The molecule has 4 nitrogen and oxygen atoms in total. The van der Waals surface area contributed by atoms with E-state index in [-0.39, 0.29) is 11.4 Å². The lowest BCUT2D eigenvalue weighted by Gasteiger charge is -2.17. The van der Waals surface area contributed by atoms with Gasteiger partial charge in [-0.2, -0.15) is 10.5 Å². The summed E-state index contributed by atoms with van der Waals surface area (Å²) in [6, 6.07) is 10.2. The number of nitrogens with zero attached hydrogens (tertiary/aromatic N) is 4. The Morgan fingerprint density at radius 1 is 1.29 bits per heavy atom. The van der Waals surface area contributed by atoms with Gasteiger partial charge in [0, 0.05) is 44.6 Å². The van der Waals surface area contributed by atoms with Crippen LogP contribution in [0.15, 0.2) is 47.2 Å². The van der Waals surface area contributed by atoms with Crippen LogP contribution in [0.3, 0.4) is 0 Å². The number of benzene rings is 1. The first kappa shape index (κ1) is 14.6. The van der Waals surface area contributed by atoms with Crippen LogP contribution in [0.4, 0.5) is 10.1 Å². The van der Waals surface area contributed by atoms with E-state index in [1.807, 2.05) is 48.3 Å². The van der Waals surface area contributed by atoms with Gasteiger partial charge in [0.25, 0.3) is 0 Å². The zero-order chi connectivity index (χ0) is 15.4. The quantitative estimate of drug-likeness (QED) is 0.782. The summed E-state index contributed by atoms with van der Waals surface area (Å²) in [5.41, 5.74) is 2.47. The second-order valence-corrected chi connectivity index (χ2v) is 5.03. The molecule has 106 valence electrons. The summed E-state index contributed by atoms with van der Waals surface area (Å²) in [5.74, 6) is -0.302. The molecule has 0 unspecified atom stereocenters. The van der Waals surface area contributed by atoms with Gasteiger partial charge in [0.2, 0.25) is 0 Å². The highest BCUT2D eigenvalue weighted by Gasteiger charge is 2.25. The van der Waals surface area contributed by atoms with Crippen molar-refractivity contribution >= 4 is 5.69 Å². The fraction of sp³-hybridized carbons (Fsp3) is 0.250. The van der Waals surface area contributed by atoms with Gasteiger partial charge in [-0.25, -0.2) is 4.39 Å². The first-order valence-electron chi connectivity index (χ1n) is 6.46. The van der Waals surface area contributed by atoms with Crippen molar-refractivity contribution in [3.63, 3.8) is 0 Å². The number of hydrogen-bond donors (Lipinski definition) is 0. The van der Waals surface area contributed by atoms with Crippen molar-refractivity contribution in [1.82, 2.24) is 4.90 Å². The Kier molecular flexibility index (Phi) is 4.25.